The van der Waals surface area contributed by atoms with Gasteiger partial charge in [0.25, 0.3) is 5.91 Å². The molecule has 0 bridgehead atoms. The number of carboxylic acid groups (broad SMARTS) is 1. The van der Waals surface area contributed by atoms with E-state index in [0.29, 0.717) is 17.1 Å². The van der Waals surface area contributed by atoms with Crippen molar-refractivity contribution < 1.29 is 29.0 Å². The van der Waals surface area contributed by atoms with Gasteiger partial charge in [0.1, 0.15) is 0 Å². The summed E-state index contributed by atoms with van der Waals surface area (Å²) in [5, 5.41) is 22.5. The lowest BCUT2D eigenvalue weighted by Gasteiger charge is -2.33. The summed E-state index contributed by atoms with van der Waals surface area (Å²) in [6.45, 7) is 1.29. The van der Waals surface area contributed by atoms with E-state index in [9.17, 15) is 19.5 Å². The van der Waals surface area contributed by atoms with Crippen molar-refractivity contribution in [1.82, 2.24) is 9.78 Å². The van der Waals surface area contributed by atoms with Crippen LogP contribution in [0.15, 0.2) is 36.5 Å². The van der Waals surface area contributed by atoms with Crippen molar-refractivity contribution in [2.24, 2.45) is 0 Å². The van der Waals surface area contributed by atoms with E-state index in [4.69, 9.17) is 14.7 Å². The lowest BCUT2D eigenvalue weighted by molar-refractivity contribution is -0.177. The number of anilines is 1. The van der Waals surface area contributed by atoms with Gasteiger partial charge in [-0.15, -0.1) is 5.10 Å². The zero-order valence-electron chi connectivity index (χ0n) is 14.8. The number of rotatable bonds is 5. The Labute approximate surface area is 159 Å². The van der Waals surface area contributed by atoms with Gasteiger partial charge in [-0.25, -0.2) is 9.48 Å². The third-order valence-corrected chi connectivity index (χ3v) is 4.05. The summed E-state index contributed by atoms with van der Waals surface area (Å²) in [6.07, 6.45) is -1.57. The van der Waals surface area contributed by atoms with Crippen molar-refractivity contribution in [2.75, 3.05) is 18.1 Å². The molecule has 1 aromatic carbocycles. The van der Waals surface area contributed by atoms with Crippen LogP contribution >= 0.6 is 0 Å². The average Bonchev–Trinajstić information content (AvgIpc) is 3.16. The van der Waals surface area contributed by atoms with Crippen molar-refractivity contribution in [2.45, 2.75) is 19.1 Å². The molecular weight excluding hydrogens is 368 g/mol. The fraction of sp³-hybridized carbons (Fsp3) is 0.278. The molecule has 2 heterocycles. The topological polar surface area (TPSA) is 135 Å². The Hall–Kier alpha value is -3.71. The largest absolute Gasteiger partial charge is 0.478 e. The van der Waals surface area contributed by atoms with Gasteiger partial charge in [-0.2, -0.15) is 5.26 Å². The van der Waals surface area contributed by atoms with Gasteiger partial charge in [0.2, 0.25) is 6.10 Å². The molecule has 10 nitrogen and oxygen atoms in total. The van der Waals surface area contributed by atoms with Gasteiger partial charge in [0.05, 0.1) is 30.5 Å². The molecule has 0 aliphatic carbocycles. The van der Waals surface area contributed by atoms with Crippen molar-refractivity contribution in [3.05, 3.63) is 42.1 Å². The number of aromatic nitrogens is 2. The van der Waals surface area contributed by atoms with Gasteiger partial charge in [-0.3, -0.25) is 14.5 Å². The molecule has 1 aliphatic heterocycles. The maximum Gasteiger partial charge on any atom is 0.348 e. The molecule has 0 radical (unpaired) electrons. The second-order valence-corrected chi connectivity index (χ2v) is 5.93. The van der Waals surface area contributed by atoms with E-state index in [-0.39, 0.29) is 13.2 Å². The molecule has 10 heteroatoms. The van der Waals surface area contributed by atoms with Crippen LogP contribution in [0.3, 0.4) is 0 Å². The van der Waals surface area contributed by atoms with Gasteiger partial charge in [-0.05, 0) is 24.3 Å². The Kier molecular flexibility index (Phi) is 5.37. The van der Waals surface area contributed by atoms with Gasteiger partial charge < -0.3 is 14.6 Å². The van der Waals surface area contributed by atoms with Gasteiger partial charge in [0.15, 0.2) is 11.9 Å². The number of hydrogen-bond donors (Lipinski definition) is 1. The number of amides is 1. The first-order valence-corrected chi connectivity index (χ1v) is 8.30. The molecule has 1 saturated heterocycles. The number of carbonyl (C=O) groups excluding carboxylic acids is 2. The number of ether oxygens (including phenoxy) is 2. The standard InChI is InChI=1S/C18H16N4O6/c1-11(23)28-16(18(25)26)15-17(24)21(8-9-27-15)14-6-7-22(20-14)13-4-2-12(10-19)3-5-13/h2-7,15-16H,8-9H2,1H3,(H,25,26)/t15-,16?/m1/s1. The molecule has 1 N–H and O–H groups in total. The van der Waals surface area contributed by atoms with Crippen LogP contribution in [0, 0.1) is 11.3 Å². The normalized spacial score (nSPS) is 17.6. The molecule has 1 unspecified atom stereocenters. The number of nitriles is 1. The molecule has 2 atom stereocenters. The molecule has 0 spiro atoms. The molecule has 1 fully saturated rings. The third kappa shape index (κ3) is 3.84. The smallest absolute Gasteiger partial charge is 0.348 e. The highest BCUT2D eigenvalue weighted by molar-refractivity contribution is 5.99. The molecular formula is C18H16N4O6. The fourth-order valence-corrected chi connectivity index (χ4v) is 2.76. The second-order valence-electron chi connectivity index (χ2n) is 5.93. The second kappa shape index (κ2) is 7.89. The maximum atomic E-state index is 12.7. The van der Waals surface area contributed by atoms with Crippen LogP contribution in [-0.2, 0) is 23.9 Å². The van der Waals surface area contributed by atoms with E-state index in [1.165, 1.54) is 9.58 Å². The van der Waals surface area contributed by atoms with E-state index in [0.717, 1.165) is 6.92 Å². The minimum Gasteiger partial charge on any atom is -0.478 e. The first kappa shape index (κ1) is 19.1. The molecule has 1 aliphatic rings. The Morgan fingerprint density at radius 2 is 2.07 bits per heavy atom. The SMILES string of the molecule is CC(=O)OC(C(=O)O)[C@H]1OCCN(c2ccn(-c3ccc(C#N)cc3)n2)C1=O. The van der Waals surface area contributed by atoms with E-state index < -0.39 is 30.1 Å². The van der Waals surface area contributed by atoms with Gasteiger partial charge >= 0.3 is 11.9 Å². The highest BCUT2D eigenvalue weighted by Gasteiger charge is 2.43. The van der Waals surface area contributed by atoms with Crippen LogP contribution in [-0.4, -0.2) is 58.1 Å². The molecule has 1 aromatic heterocycles. The van der Waals surface area contributed by atoms with E-state index in [2.05, 4.69) is 5.10 Å². The predicted molar refractivity (Wildman–Crippen MR) is 93.6 cm³/mol. The number of carboxylic acids is 1. The van der Waals surface area contributed by atoms with E-state index in [1.807, 2.05) is 6.07 Å². The lowest BCUT2D eigenvalue weighted by Crippen LogP contribution is -2.55. The quantitative estimate of drug-likeness (QED) is 0.736. The summed E-state index contributed by atoms with van der Waals surface area (Å²) in [4.78, 5) is 36.6. The average molecular weight is 384 g/mol. The number of esters is 1. The number of carbonyl (C=O) groups is 3. The fourth-order valence-electron chi connectivity index (χ4n) is 2.76. The molecule has 28 heavy (non-hydrogen) atoms. The van der Waals surface area contributed by atoms with Crippen molar-refractivity contribution in [3.63, 3.8) is 0 Å². The van der Waals surface area contributed by atoms with Crippen LogP contribution < -0.4 is 4.90 Å². The molecule has 0 saturated carbocycles. The Morgan fingerprint density at radius 3 is 2.68 bits per heavy atom. The van der Waals surface area contributed by atoms with Crippen molar-refractivity contribution in [1.29, 1.82) is 5.26 Å². The number of nitrogens with zero attached hydrogens (tertiary/aromatic N) is 4. The Bertz CT molecular complexity index is 946. The minimum atomic E-state index is -1.74. The monoisotopic (exact) mass is 384 g/mol. The van der Waals surface area contributed by atoms with E-state index >= 15 is 0 Å². The summed E-state index contributed by atoms with van der Waals surface area (Å²) in [5.41, 5.74) is 1.19. The molecule has 1 amide bonds. The maximum absolute atomic E-state index is 12.7. The third-order valence-electron chi connectivity index (χ3n) is 4.05. The first-order valence-electron chi connectivity index (χ1n) is 8.30. The summed E-state index contributed by atoms with van der Waals surface area (Å²) < 4.78 is 11.5. The van der Waals surface area contributed by atoms with Crippen molar-refractivity contribution >= 4 is 23.7 Å². The van der Waals surface area contributed by atoms with Crippen LogP contribution in [0.4, 0.5) is 5.82 Å². The first-order chi connectivity index (χ1) is 13.4. The van der Waals surface area contributed by atoms with Gasteiger partial charge in [0, 0.05) is 19.2 Å². The highest BCUT2D eigenvalue weighted by Crippen LogP contribution is 2.21. The molecule has 2 aromatic rings. The minimum absolute atomic E-state index is 0.0607. The summed E-state index contributed by atoms with van der Waals surface area (Å²) in [5.74, 6) is -2.66. The Balaban J connectivity index is 1.82. The highest BCUT2D eigenvalue weighted by atomic mass is 16.6. The Morgan fingerprint density at radius 1 is 1.36 bits per heavy atom. The van der Waals surface area contributed by atoms with E-state index in [1.54, 1.807) is 36.5 Å². The van der Waals surface area contributed by atoms with Gasteiger partial charge in [-0.1, -0.05) is 0 Å². The number of morpholine rings is 1. The summed E-state index contributed by atoms with van der Waals surface area (Å²) in [7, 11) is 0. The van der Waals surface area contributed by atoms with Crippen molar-refractivity contribution in [3.8, 4) is 11.8 Å². The number of hydrogen-bond acceptors (Lipinski definition) is 7. The van der Waals surface area contributed by atoms with Crippen LogP contribution in [0.2, 0.25) is 0 Å². The molecule has 3 rings (SSSR count). The summed E-state index contributed by atoms with van der Waals surface area (Å²) >= 11 is 0. The zero-order chi connectivity index (χ0) is 20.3. The number of benzene rings is 1. The summed E-state index contributed by atoms with van der Waals surface area (Å²) in [6, 6.07) is 10.3. The number of aliphatic carboxylic acids is 1. The van der Waals surface area contributed by atoms with Crippen LogP contribution in [0.25, 0.3) is 5.69 Å². The zero-order valence-corrected chi connectivity index (χ0v) is 14.8. The van der Waals surface area contributed by atoms with Crippen LogP contribution in [0.5, 0.6) is 0 Å². The molecule has 144 valence electrons. The lowest BCUT2D eigenvalue weighted by atomic mass is 10.1. The predicted octanol–water partition coefficient (Wildman–Crippen LogP) is 0.492. The van der Waals surface area contributed by atoms with Crippen LogP contribution in [0.1, 0.15) is 12.5 Å².